The first-order valence-electron chi connectivity index (χ1n) is 10.0. The largest absolute Gasteiger partial charge is 0.477 e. The molecule has 4 aromatic rings. The van der Waals surface area contributed by atoms with Crippen LogP contribution in [0.5, 0.6) is 0 Å². The van der Waals surface area contributed by atoms with Crippen LogP contribution >= 0.6 is 23.4 Å². The maximum Gasteiger partial charge on any atom is 0.342 e. The van der Waals surface area contributed by atoms with Gasteiger partial charge in [0.25, 0.3) is 5.69 Å². The van der Waals surface area contributed by atoms with E-state index in [2.05, 4.69) is 10.2 Å². The summed E-state index contributed by atoms with van der Waals surface area (Å²) in [4.78, 5) is 22.4. The molecule has 2 heterocycles. The zero-order chi connectivity index (χ0) is 24.2. The molecule has 0 aliphatic carbocycles. The Hall–Kier alpha value is -3.89. The summed E-state index contributed by atoms with van der Waals surface area (Å²) in [7, 11) is 0. The van der Waals surface area contributed by atoms with E-state index in [-0.39, 0.29) is 16.4 Å². The molecule has 2 aromatic carbocycles. The first-order valence-corrected chi connectivity index (χ1v) is 11.2. The molecule has 1 N–H and O–H groups in total. The van der Waals surface area contributed by atoms with Crippen LogP contribution in [-0.4, -0.2) is 30.8 Å². The number of carboxylic acid groups (broad SMARTS) is 1. The number of non-ortho nitro benzene ring substituents is 1. The van der Waals surface area contributed by atoms with Gasteiger partial charge in [0.2, 0.25) is 0 Å². The number of aromatic nitrogens is 3. The van der Waals surface area contributed by atoms with Crippen LogP contribution in [0.15, 0.2) is 75.1 Å². The minimum Gasteiger partial charge on any atom is -0.477 e. The highest BCUT2D eigenvalue weighted by molar-refractivity contribution is 8.04. The van der Waals surface area contributed by atoms with Crippen LogP contribution in [-0.2, 0) is 11.3 Å². The van der Waals surface area contributed by atoms with Crippen molar-refractivity contribution in [2.24, 2.45) is 0 Å². The molecular formula is C23H17ClN4O5S. The maximum atomic E-state index is 11.9. The molecular weight excluding hydrogens is 480 g/mol. The number of nitro benzene ring substituents is 1. The molecule has 0 unspecified atom stereocenters. The maximum absolute atomic E-state index is 11.9. The molecule has 34 heavy (non-hydrogen) atoms. The average molecular weight is 497 g/mol. The van der Waals surface area contributed by atoms with Crippen LogP contribution in [0.25, 0.3) is 28.8 Å². The van der Waals surface area contributed by atoms with Crippen molar-refractivity contribution in [3.8, 4) is 22.7 Å². The van der Waals surface area contributed by atoms with E-state index in [0.29, 0.717) is 33.9 Å². The molecule has 2 aromatic heterocycles. The van der Waals surface area contributed by atoms with E-state index >= 15 is 0 Å². The third kappa shape index (κ3) is 5.03. The quantitative estimate of drug-likeness (QED) is 0.136. The van der Waals surface area contributed by atoms with E-state index in [4.69, 9.17) is 16.0 Å². The Kier molecular flexibility index (Phi) is 6.80. The van der Waals surface area contributed by atoms with E-state index in [1.807, 2.05) is 19.1 Å². The van der Waals surface area contributed by atoms with Gasteiger partial charge in [-0.3, -0.25) is 10.1 Å². The number of carbonyl (C=O) groups is 1. The fraction of sp³-hybridized carbons (Fsp3) is 0.0870. The lowest BCUT2D eigenvalue weighted by Crippen LogP contribution is -2.02. The van der Waals surface area contributed by atoms with Crippen LogP contribution in [0.2, 0.25) is 5.02 Å². The minimum absolute atomic E-state index is 0.0234. The minimum atomic E-state index is -1.16. The van der Waals surface area contributed by atoms with Gasteiger partial charge in [-0.2, -0.15) is 0 Å². The topological polar surface area (TPSA) is 124 Å². The first-order chi connectivity index (χ1) is 16.4. The second kappa shape index (κ2) is 9.94. The molecule has 0 bridgehead atoms. The Labute approximate surface area is 202 Å². The molecule has 0 radical (unpaired) electrons. The monoisotopic (exact) mass is 496 g/mol. The summed E-state index contributed by atoms with van der Waals surface area (Å²) in [5.41, 5.74) is 1.25. The van der Waals surface area contributed by atoms with Crippen molar-refractivity contribution in [3.63, 3.8) is 0 Å². The molecule has 0 saturated heterocycles. The van der Waals surface area contributed by atoms with Gasteiger partial charge in [-0.25, -0.2) is 4.79 Å². The highest BCUT2D eigenvalue weighted by atomic mass is 35.5. The van der Waals surface area contributed by atoms with E-state index in [9.17, 15) is 20.0 Å². The number of thioether (sulfide) groups is 1. The van der Waals surface area contributed by atoms with Crippen molar-refractivity contribution in [2.75, 3.05) is 0 Å². The van der Waals surface area contributed by atoms with E-state index in [1.165, 1.54) is 18.2 Å². The lowest BCUT2D eigenvalue weighted by Gasteiger charge is -2.07. The van der Waals surface area contributed by atoms with Gasteiger partial charge in [-0.15, -0.1) is 10.2 Å². The summed E-state index contributed by atoms with van der Waals surface area (Å²) < 4.78 is 7.54. The number of rotatable bonds is 8. The zero-order valence-electron chi connectivity index (χ0n) is 17.7. The SMILES string of the molecule is CCn1c(S/C(=C\c2ccc(-c3cccc([N+](=O)[O-])c3)o2)C(=O)O)nnc1-c1ccc(Cl)cc1. The Bertz CT molecular complexity index is 1390. The van der Waals surface area contributed by atoms with Gasteiger partial charge >= 0.3 is 5.97 Å². The Morgan fingerprint density at radius 1 is 1.18 bits per heavy atom. The number of hydrogen-bond acceptors (Lipinski definition) is 7. The number of carboxylic acids is 1. The van der Waals surface area contributed by atoms with E-state index < -0.39 is 10.9 Å². The van der Waals surface area contributed by atoms with Crippen molar-refractivity contribution < 1.29 is 19.2 Å². The lowest BCUT2D eigenvalue weighted by atomic mass is 10.1. The molecule has 0 spiro atoms. The summed E-state index contributed by atoms with van der Waals surface area (Å²) in [5, 5.41) is 30.2. The summed E-state index contributed by atoms with van der Waals surface area (Å²) in [6.07, 6.45) is 1.38. The van der Waals surface area contributed by atoms with Gasteiger partial charge in [0.1, 0.15) is 16.4 Å². The Morgan fingerprint density at radius 2 is 1.94 bits per heavy atom. The van der Waals surface area contributed by atoms with Crippen LogP contribution in [0.4, 0.5) is 5.69 Å². The third-order valence-electron chi connectivity index (χ3n) is 4.79. The molecule has 0 fully saturated rings. The van der Waals surface area contributed by atoms with Gasteiger partial charge in [0.05, 0.1) is 4.92 Å². The molecule has 0 aliphatic rings. The molecule has 0 aliphatic heterocycles. The molecule has 172 valence electrons. The number of benzene rings is 2. The fourth-order valence-corrected chi connectivity index (χ4v) is 4.17. The molecule has 4 rings (SSSR count). The number of furan rings is 1. The highest BCUT2D eigenvalue weighted by Gasteiger charge is 2.19. The third-order valence-corrected chi connectivity index (χ3v) is 6.04. The van der Waals surface area contributed by atoms with Crippen LogP contribution < -0.4 is 0 Å². The van der Waals surface area contributed by atoms with Crippen molar-refractivity contribution in [1.29, 1.82) is 0 Å². The summed E-state index contributed by atoms with van der Waals surface area (Å²) in [6, 6.07) is 16.4. The summed E-state index contributed by atoms with van der Waals surface area (Å²) in [6.45, 7) is 2.44. The zero-order valence-corrected chi connectivity index (χ0v) is 19.3. The average Bonchev–Trinajstić information content (AvgIpc) is 3.46. The normalized spacial score (nSPS) is 11.5. The Morgan fingerprint density at radius 3 is 2.62 bits per heavy atom. The van der Waals surface area contributed by atoms with Gasteiger partial charge in [-0.05, 0) is 55.1 Å². The Balaban J connectivity index is 1.62. The van der Waals surface area contributed by atoms with Crippen molar-refractivity contribution in [1.82, 2.24) is 14.8 Å². The summed E-state index contributed by atoms with van der Waals surface area (Å²) >= 11 is 6.91. The molecule has 0 saturated carbocycles. The van der Waals surface area contributed by atoms with Gasteiger partial charge in [0, 0.05) is 40.9 Å². The predicted octanol–water partition coefficient (Wildman–Crippen LogP) is 6.00. The standard InChI is InChI=1S/C23H17ClN4O5S/c1-2-27-21(14-6-8-16(24)9-7-14)25-26-23(27)34-20(22(29)30)13-18-10-11-19(33-18)15-4-3-5-17(12-15)28(31)32/h3-13H,2H2,1H3,(H,29,30)/b20-13-. The fourth-order valence-electron chi connectivity index (χ4n) is 3.18. The molecule has 0 amide bonds. The van der Waals surface area contributed by atoms with Gasteiger partial charge in [0.15, 0.2) is 11.0 Å². The predicted molar refractivity (Wildman–Crippen MR) is 128 cm³/mol. The number of nitro groups is 1. The number of halogens is 1. The molecule has 0 atom stereocenters. The van der Waals surface area contributed by atoms with Crippen molar-refractivity contribution >= 4 is 41.1 Å². The summed E-state index contributed by atoms with van der Waals surface area (Å²) in [5.74, 6) is 0.104. The van der Waals surface area contributed by atoms with Crippen LogP contribution in [0.3, 0.4) is 0 Å². The lowest BCUT2D eigenvalue weighted by molar-refractivity contribution is -0.384. The van der Waals surface area contributed by atoms with Crippen molar-refractivity contribution in [3.05, 3.63) is 86.5 Å². The van der Waals surface area contributed by atoms with E-state index in [1.54, 1.807) is 41.0 Å². The molecule has 9 nitrogen and oxygen atoms in total. The smallest absolute Gasteiger partial charge is 0.342 e. The number of aliphatic carboxylic acids is 1. The highest BCUT2D eigenvalue weighted by Crippen LogP contribution is 2.32. The van der Waals surface area contributed by atoms with Gasteiger partial charge in [-0.1, -0.05) is 23.7 Å². The molecule has 11 heteroatoms. The first kappa shape index (κ1) is 23.3. The second-order valence-electron chi connectivity index (χ2n) is 6.98. The van der Waals surface area contributed by atoms with Gasteiger partial charge < -0.3 is 14.1 Å². The number of nitrogens with zero attached hydrogens (tertiary/aromatic N) is 4. The second-order valence-corrected chi connectivity index (χ2v) is 8.43. The van der Waals surface area contributed by atoms with Crippen LogP contribution in [0.1, 0.15) is 12.7 Å². The van der Waals surface area contributed by atoms with Crippen molar-refractivity contribution in [2.45, 2.75) is 18.6 Å². The number of hydrogen-bond donors (Lipinski definition) is 1. The van der Waals surface area contributed by atoms with Crippen LogP contribution in [0, 0.1) is 10.1 Å². The van der Waals surface area contributed by atoms with E-state index in [0.717, 1.165) is 17.3 Å².